The molecule has 1 aliphatic rings. The number of amides is 2. The third-order valence-electron chi connectivity index (χ3n) is 5.09. The van der Waals surface area contributed by atoms with E-state index in [1.807, 2.05) is 7.05 Å². The maximum atomic E-state index is 13.9. The molecule has 26 heavy (non-hydrogen) atoms. The van der Waals surface area contributed by atoms with Crippen molar-refractivity contribution in [2.24, 2.45) is 0 Å². The number of carbonyl (C=O) groups excluding carboxylic acids is 2. The highest BCUT2D eigenvalue weighted by Gasteiger charge is 2.31. The van der Waals surface area contributed by atoms with Crippen molar-refractivity contribution in [2.75, 3.05) is 20.6 Å². The molecular weight excluding hydrogens is 335 g/mol. The van der Waals surface area contributed by atoms with E-state index in [-0.39, 0.29) is 35.1 Å². The van der Waals surface area contributed by atoms with Crippen LogP contribution in [0.2, 0.25) is 0 Å². The number of nitrogens with one attached hydrogen (secondary N) is 2. The number of fused-ring (bicyclic) bond motifs is 1. The molecule has 1 fully saturated rings. The summed E-state index contributed by atoms with van der Waals surface area (Å²) in [5, 5.41) is 6.18. The van der Waals surface area contributed by atoms with Gasteiger partial charge >= 0.3 is 0 Å². The molecule has 2 N–H and O–H groups in total. The Labute approximate surface area is 151 Å². The summed E-state index contributed by atoms with van der Waals surface area (Å²) in [7, 11) is 3.61. The molecule has 1 saturated heterocycles. The van der Waals surface area contributed by atoms with Gasteiger partial charge in [-0.05, 0) is 32.0 Å². The lowest BCUT2D eigenvalue weighted by molar-refractivity contribution is -0.121. The smallest absolute Gasteiger partial charge is 0.269 e. The molecule has 3 rings (SSSR count). The number of hydrogen-bond acceptors (Lipinski definition) is 4. The highest BCUT2D eigenvalue weighted by atomic mass is 19.1. The topological polar surface area (TPSA) is 74.3 Å². The lowest BCUT2D eigenvalue weighted by Crippen LogP contribution is -2.42. The van der Waals surface area contributed by atoms with E-state index in [1.165, 1.54) is 6.07 Å². The molecule has 0 bridgehead atoms. The van der Waals surface area contributed by atoms with E-state index in [9.17, 15) is 14.0 Å². The molecule has 1 aromatic heterocycles. The lowest BCUT2D eigenvalue weighted by atomic mass is 10.1. The fourth-order valence-electron chi connectivity index (χ4n) is 3.44. The quantitative estimate of drug-likeness (QED) is 0.853. The van der Waals surface area contributed by atoms with Crippen molar-refractivity contribution in [3.05, 3.63) is 41.8 Å². The summed E-state index contributed by atoms with van der Waals surface area (Å²) in [6.45, 7) is 0.469. The first kappa shape index (κ1) is 18.3. The number of pyridine rings is 1. The van der Waals surface area contributed by atoms with E-state index in [0.29, 0.717) is 18.4 Å². The predicted molar refractivity (Wildman–Crippen MR) is 97.3 cm³/mol. The van der Waals surface area contributed by atoms with Gasteiger partial charge in [0.15, 0.2) is 0 Å². The van der Waals surface area contributed by atoms with Crippen LogP contribution in [0, 0.1) is 5.82 Å². The Morgan fingerprint density at radius 2 is 2.00 bits per heavy atom. The molecule has 1 aliphatic heterocycles. The highest BCUT2D eigenvalue weighted by molar-refractivity contribution is 5.94. The van der Waals surface area contributed by atoms with Crippen molar-refractivity contribution in [3.8, 4) is 0 Å². The van der Waals surface area contributed by atoms with Gasteiger partial charge in [-0.2, -0.15) is 0 Å². The largest absolute Gasteiger partial charge is 0.359 e. The molecule has 0 aliphatic carbocycles. The number of nitrogens with zero attached hydrogens (tertiary/aromatic N) is 2. The number of likely N-dealkylation sites (N-methyl/N-ethyl adjacent to an activating group) is 1. The monoisotopic (exact) mass is 358 g/mol. The van der Waals surface area contributed by atoms with Crippen LogP contribution in [0.5, 0.6) is 0 Å². The molecule has 1 aromatic carbocycles. The van der Waals surface area contributed by atoms with Crippen LogP contribution >= 0.6 is 0 Å². The second-order valence-electron chi connectivity index (χ2n) is 6.65. The average Bonchev–Trinajstić information content (AvgIpc) is 2.99. The summed E-state index contributed by atoms with van der Waals surface area (Å²) in [4.78, 5) is 30.2. The Hall–Kier alpha value is -2.54. The first-order chi connectivity index (χ1) is 12.5. The number of rotatable bonds is 5. The minimum atomic E-state index is -0.440. The van der Waals surface area contributed by atoms with Gasteiger partial charge in [-0.25, -0.2) is 9.37 Å². The van der Waals surface area contributed by atoms with E-state index < -0.39 is 5.82 Å². The molecule has 0 spiro atoms. The molecule has 2 heterocycles. The minimum Gasteiger partial charge on any atom is -0.359 e. The van der Waals surface area contributed by atoms with Crippen LogP contribution in [-0.2, 0) is 4.79 Å². The van der Waals surface area contributed by atoms with Crippen molar-refractivity contribution in [1.82, 2.24) is 20.5 Å². The Morgan fingerprint density at radius 3 is 2.77 bits per heavy atom. The Kier molecular flexibility index (Phi) is 5.46. The molecule has 7 heteroatoms. The van der Waals surface area contributed by atoms with Crippen LogP contribution in [0.3, 0.4) is 0 Å². The van der Waals surface area contributed by atoms with Crippen molar-refractivity contribution in [1.29, 1.82) is 0 Å². The second kappa shape index (κ2) is 7.78. The van der Waals surface area contributed by atoms with Gasteiger partial charge in [0.25, 0.3) is 5.91 Å². The van der Waals surface area contributed by atoms with Gasteiger partial charge in [-0.1, -0.05) is 18.2 Å². The standard InChI is InChI=1S/C19H23FN4O2/c1-21-17(25)10-13-7-8-14(24(13)2)11-22-19(26)16-9-6-12-4-3-5-15(20)18(12)23-16/h3-6,9,13-14H,7-8,10-11H2,1-2H3,(H,21,25)(H,22,26)/t13-,14+/m1/s1. The zero-order valence-corrected chi connectivity index (χ0v) is 15.0. The van der Waals surface area contributed by atoms with Gasteiger partial charge in [0.2, 0.25) is 5.91 Å². The van der Waals surface area contributed by atoms with Gasteiger partial charge in [0.05, 0.1) is 0 Å². The van der Waals surface area contributed by atoms with E-state index >= 15 is 0 Å². The van der Waals surface area contributed by atoms with Crippen molar-refractivity contribution in [3.63, 3.8) is 0 Å². The third kappa shape index (κ3) is 3.83. The summed E-state index contributed by atoms with van der Waals surface area (Å²) < 4.78 is 13.9. The van der Waals surface area contributed by atoms with E-state index in [2.05, 4.69) is 20.5 Å². The molecule has 0 saturated carbocycles. The molecule has 0 unspecified atom stereocenters. The highest BCUT2D eigenvalue weighted by Crippen LogP contribution is 2.24. The number of likely N-dealkylation sites (tertiary alicyclic amines) is 1. The maximum Gasteiger partial charge on any atom is 0.269 e. The van der Waals surface area contributed by atoms with E-state index in [1.54, 1.807) is 31.3 Å². The van der Waals surface area contributed by atoms with Crippen molar-refractivity contribution in [2.45, 2.75) is 31.3 Å². The van der Waals surface area contributed by atoms with Gasteiger partial charge in [0.1, 0.15) is 17.0 Å². The SMILES string of the molecule is CNC(=O)C[C@H]1CC[C@@H](CNC(=O)c2ccc3cccc(F)c3n2)N1C. The first-order valence-electron chi connectivity index (χ1n) is 8.75. The zero-order valence-electron chi connectivity index (χ0n) is 15.0. The average molecular weight is 358 g/mol. The van der Waals surface area contributed by atoms with Gasteiger partial charge in [-0.15, -0.1) is 0 Å². The molecule has 138 valence electrons. The molecule has 2 atom stereocenters. The summed E-state index contributed by atoms with van der Waals surface area (Å²) in [6.07, 6.45) is 2.30. The van der Waals surface area contributed by atoms with E-state index in [0.717, 1.165) is 12.8 Å². The maximum absolute atomic E-state index is 13.9. The molecule has 6 nitrogen and oxygen atoms in total. The van der Waals surface area contributed by atoms with Crippen LogP contribution in [0.1, 0.15) is 29.8 Å². The Morgan fingerprint density at radius 1 is 1.23 bits per heavy atom. The van der Waals surface area contributed by atoms with Crippen LogP contribution in [-0.4, -0.2) is 54.4 Å². The Bertz CT molecular complexity index is 826. The molecule has 2 aromatic rings. The number of aromatic nitrogens is 1. The summed E-state index contributed by atoms with van der Waals surface area (Å²) in [5.41, 5.74) is 0.397. The fourth-order valence-corrected chi connectivity index (χ4v) is 3.44. The summed E-state index contributed by atoms with van der Waals surface area (Å²) in [6, 6.07) is 8.36. The third-order valence-corrected chi connectivity index (χ3v) is 5.09. The first-order valence-corrected chi connectivity index (χ1v) is 8.75. The second-order valence-corrected chi connectivity index (χ2v) is 6.65. The summed E-state index contributed by atoms with van der Waals surface area (Å²) in [5.74, 6) is -0.739. The van der Waals surface area contributed by atoms with Crippen LogP contribution < -0.4 is 10.6 Å². The summed E-state index contributed by atoms with van der Waals surface area (Å²) >= 11 is 0. The van der Waals surface area contributed by atoms with Crippen LogP contribution in [0.15, 0.2) is 30.3 Å². The number of benzene rings is 1. The van der Waals surface area contributed by atoms with Gasteiger partial charge < -0.3 is 10.6 Å². The minimum absolute atomic E-state index is 0.0222. The van der Waals surface area contributed by atoms with E-state index in [4.69, 9.17) is 0 Å². The molecular formula is C19H23FN4O2. The lowest BCUT2D eigenvalue weighted by Gasteiger charge is -2.25. The van der Waals surface area contributed by atoms with Crippen molar-refractivity contribution >= 4 is 22.7 Å². The normalized spacial score (nSPS) is 20.3. The van der Waals surface area contributed by atoms with Crippen molar-refractivity contribution < 1.29 is 14.0 Å². The van der Waals surface area contributed by atoms with Crippen LogP contribution in [0.4, 0.5) is 4.39 Å². The van der Waals surface area contributed by atoms with Crippen LogP contribution in [0.25, 0.3) is 10.9 Å². The number of halogens is 1. The fraction of sp³-hybridized carbons (Fsp3) is 0.421. The predicted octanol–water partition coefficient (Wildman–Crippen LogP) is 1.70. The van der Waals surface area contributed by atoms with Gasteiger partial charge in [0, 0.05) is 37.5 Å². The molecule has 0 radical (unpaired) electrons. The number of hydrogen-bond donors (Lipinski definition) is 2. The number of carbonyl (C=O) groups is 2. The Balaban J connectivity index is 1.61. The number of para-hydroxylation sites is 1. The zero-order chi connectivity index (χ0) is 18.7. The van der Waals surface area contributed by atoms with Gasteiger partial charge in [-0.3, -0.25) is 14.5 Å². The molecule has 2 amide bonds.